The summed E-state index contributed by atoms with van der Waals surface area (Å²) < 4.78 is 17.1. The monoisotopic (exact) mass is 564 g/mol. The van der Waals surface area contributed by atoms with Gasteiger partial charge in [0.1, 0.15) is 11.5 Å². The summed E-state index contributed by atoms with van der Waals surface area (Å²) in [6.45, 7) is 0. The number of amides is 1. The van der Waals surface area contributed by atoms with Gasteiger partial charge in [-0.2, -0.15) is 11.8 Å². The van der Waals surface area contributed by atoms with Crippen molar-refractivity contribution in [3.63, 3.8) is 0 Å². The number of thioether (sulfide) groups is 1. The molecule has 1 aromatic carbocycles. The highest BCUT2D eigenvalue weighted by atomic mass is 32.2. The number of para-hydroxylation sites is 1. The number of nitrogens with two attached hydrogens (primary N) is 1. The van der Waals surface area contributed by atoms with Crippen molar-refractivity contribution >= 4 is 39.6 Å². The lowest BCUT2D eigenvalue weighted by atomic mass is 9.90. The number of carbonyl (C=O) groups is 1. The van der Waals surface area contributed by atoms with E-state index in [-0.39, 0.29) is 40.8 Å². The summed E-state index contributed by atoms with van der Waals surface area (Å²) >= 11 is 1.84. The molecule has 2 fully saturated rings. The highest BCUT2D eigenvalue weighted by Crippen LogP contribution is 2.30. The number of rotatable bonds is 6. The Balaban J connectivity index is 1.17. The Kier molecular flexibility index (Phi) is 7.50. The third-order valence-corrected chi connectivity index (χ3v) is 9.39. The molecule has 2 aliphatic rings. The van der Waals surface area contributed by atoms with E-state index in [4.69, 9.17) is 5.73 Å². The SMILES string of the molecule is N[C@@H](Cc1c[nH]c2ccccc12)C(=O)NC1CCC(n2c(=O)c3cc(F)cnc3n(C3CCSCC3)c2=O)CC1. The van der Waals surface area contributed by atoms with Gasteiger partial charge in [-0.1, -0.05) is 18.2 Å². The smallest absolute Gasteiger partial charge is 0.333 e. The van der Waals surface area contributed by atoms with E-state index < -0.39 is 17.4 Å². The van der Waals surface area contributed by atoms with Gasteiger partial charge in [-0.25, -0.2) is 14.2 Å². The minimum atomic E-state index is -0.691. The van der Waals surface area contributed by atoms with Crippen LogP contribution in [0, 0.1) is 5.82 Å². The molecular formula is C29H33FN6O3S. The Bertz CT molecular complexity index is 1670. The van der Waals surface area contributed by atoms with Crippen LogP contribution in [0.25, 0.3) is 21.9 Å². The molecule has 0 unspecified atom stereocenters. The topological polar surface area (TPSA) is 128 Å². The van der Waals surface area contributed by atoms with Gasteiger partial charge < -0.3 is 16.0 Å². The number of H-pyrrole nitrogens is 1. The van der Waals surface area contributed by atoms with E-state index in [0.717, 1.165) is 47.0 Å². The average molecular weight is 565 g/mol. The Hall–Kier alpha value is -3.44. The van der Waals surface area contributed by atoms with Crippen molar-refractivity contribution in [2.24, 2.45) is 5.73 Å². The van der Waals surface area contributed by atoms with Crippen molar-refractivity contribution in [1.82, 2.24) is 24.4 Å². The Morgan fingerprint density at radius 1 is 1.07 bits per heavy atom. The molecule has 1 amide bonds. The Morgan fingerprint density at radius 3 is 2.58 bits per heavy atom. The molecule has 40 heavy (non-hydrogen) atoms. The van der Waals surface area contributed by atoms with Crippen molar-refractivity contribution in [2.45, 2.75) is 69.1 Å². The van der Waals surface area contributed by atoms with E-state index in [1.165, 1.54) is 10.6 Å². The molecular weight excluding hydrogens is 531 g/mol. The lowest BCUT2D eigenvalue weighted by Gasteiger charge is -2.32. The number of pyridine rings is 1. The number of benzene rings is 1. The molecule has 0 radical (unpaired) electrons. The molecule has 11 heteroatoms. The molecule has 9 nitrogen and oxygen atoms in total. The lowest BCUT2D eigenvalue weighted by molar-refractivity contribution is -0.123. The van der Waals surface area contributed by atoms with Crippen LogP contribution in [0.15, 0.2) is 52.3 Å². The van der Waals surface area contributed by atoms with Crippen LogP contribution < -0.4 is 22.3 Å². The summed E-state index contributed by atoms with van der Waals surface area (Å²) in [7, 11) is 0. The number of aromatic amines is 1. The van der Waals surface area contributed by atoms with E-state index in [1.54, 1.807) is 4.57 Å². The molecule has 1 aliphatic carbocycles. The standard InChI is InChI=1S/C29H33FN6O3S/c30-18-14-23-26(33-16-18)35(21-9-11-40-12-10-21)29(39)36(28(23)38)20-7-5-19(6-8-20)34-27(37)24(31)13-17-15-32-25-4-2-1-3-22(17)25/h1-4,14-16,19-21,24,32H,5-13,31H2,(H,34,37)/t19?,20?,24-/m0/s1. The largest absolute Gasteiger partial charge is 0.361 e. The molecule has 1 saturated heterocycles. The van der Waals surface area contributed by atoms with Gasteiger partial charge in [-0.05, 0) is 74.1 Å². The summed E-state index contributed by atoms with van der Waals surface area (Å²) in [5.41, 5.74) is 7.66. The highest BCUT2D eigenvalue weighted by molar-refractivity contribution is 7.99. The summed E-state index contributed by atoms with van der Waals surface area (Å²) in [6.07, 6.45) is 7.30. The normalized spacial score (nSPS) is 21.1. The maximum Gasteiger partial charge on any atom is 0.333 e. The first-order chi connectivity index (χ1) is 19.4. The van der Waals surface area contributed by atoms with E-state index in [0.29, 0.717) is 32.1 Å². The summed E-state index contributed by atoms with van der Waals surface area (Å²) in [4.78, 5) is 47.6. The number of halogens is 1. The number of carbonyl (C=O) groups excluding carboxylic acids is 1. The number of aromatic nitrogens is 4. The lowest BCUT2D eigenvalue weighted by Crippen LogP contribution is -2.49. The molecule has 4 aromatic rings. The van der Waals surface area contributed by atoms with Crippen LogP contribution in [0.5, 0.6) is 0 Å². The number of hydrogen-bond donors (Lipinski definition) is 3. The number of nitrogens with one attached hydrogen (secondary N) is 2. The Labute approximate surface area is 234 Å². The van der Waals surface area contributed by atoms with Crippen LogP contribution in [0.4, 0.5) is 4.39 Å². The highest BCUT2D eigenvalue weighted by Gasteiger charge is 2.30. The first kappa shape index (κ1) is 26.8. The number of nitrogens with zero attached hydrogens (tertiary/aromatic N) is 3. The average Bonchev–Trinajstić information content (AvgIpc) is 3.37. The first-order valence-electron chi connectivity index (χ1n) is 13.9. The fraction of sp³-hybridized carbons (Fsp3) is 0.448. The molecule has 0 spiro atoms. The van der Waals surface area contributed by atoms with Gasteiger partial charge in [-0.15, -0.1) is 0 Å². The van der Waals surface area contributed by atoms with Gasteiger partial charge >= 0.3 is 5.69 Å². The molecule has 210 valence electrons. The van der Waals surface area contributed by atoms with Crippen LogP contribution in [0.1, 0.15) is 56.2 Å². The maximum absolute atomic E-state index is 14.1. The fourth-order valence-electron chi connectivity index (χ4n) is 6.22. The molecule has 0 bridgehead atoms. The van der Waals surface area contributed by atoms with Gasteiger partial charge in [0.15, 0.2) is 0 Å². The quantitative estimate of drug-likeness (QED) is 0.329. The Morgan fingerprint density at radius 2 is 1.80 bits per heavy atom. The second-order valence-corrected chi connectivity index (χ2v) is 12.1. The van der Waals surface area contributed by atoms with Crippen molar-refractivity contribution in [1.29, 1.82) is 0 Å². The van der Waals surface area contributed by atoms with Crippen LogP contribution in [-0.2, 0) is 11.2 Å². The minimum absolute atomic E-state index is 0.0738. The van der Waals surface area contributed by atoms with Crippen LogP contribution in [-0.4, -0.2) is 48.6 Å². The van der Waals surface area contributed by atoms with Gasteiger partial charge in [0, 0.05) is 35.2 Å². The summed E-state index contributed by atoms with van der Waals surface area (Å²) in [6, 6.07) is 7.91. The predicted octanol–water partition coefficient (Wildman–Crippen LogP) is 3.42. The van der Waals surface area contributed by atoms with Gasteiger partial charge in [0.2, 0.25) is 5.91 Å². The third kappa shape index (κ3) is 5.08. The number of fused-ring (bicyclic) bond motifs is 2. The van der Waals surface area contributed by atoms with E-state index in [1.807, 2.05) is 42.2 Å². The molecule has 1 aliphatic heterocycles. The van der Waals surface area contributed by atoms with E-state index >= 15 is 0 Å². The van der Waals surface area contributed by atoms with Crippen LogP contribution in [0.2, 0.25) is 0 Å². The van der Waals surface area contributed by atoms with Gasteiger partial charge in [0.25, 0.3) is 5.56 Å². The van der Waals surface area contributed by atoms with E-state index in [2.05, 4.69) is 15.3 Å². The summed E-state index contributed by atoms with van der Waals surface area (Å²) in [5.74, 6) is 1.03. The number of hydrogen-bond acceptors (Lipinski definition) is 6. The third-order valence-electron chi connectivity index (χ3n) is 8.34. The minimum Gasteiger partial charge on any atom is -0.361 e. The summed E-state index contributed by atoms with van der Waals surface area (Å²) in [5, 5.41) is 4.26. The maximum atomic E-state index is 14.1. The van der Waals surface area contributed by atoms with Crippen LogP contribution in [0.3, 0.4) is 0 Å². The first-order valence-corrected chi connectivity index (χ1v) is 15.1. The van der Waals surface area contributed by atoms with Crippen molar-refractivity contribution in [3.05, 3.63) is 74.9 Å². The van der Waals surface area contributed by atoms with Gasteiger partial charge in [0.05, 0.1) is 17.6 Å². The fourth-order valence-corrected chi connectivity index (χ4v) is 7.30. The zero-order chi connectivity index (χ0) is 27.8. The molecule has 6 rings (SSSR count). The second kappa shape index (κ2) is 11.2. The molecule has 1 atom stereocenters. The zero-order valence-corrected chi connectivity index (χ0v) is 23.0. The van der Waals surface area contributed by atoms with Gasteiger partial charge in [-0.3, -0.25) is 18.7 Å². The molecule has 4 N–H and O–H groups in total. The molecule has 3 aromatic heterocycles. The zero-order valence-electron chi connectivity index (χ0n) is 22.1. The van der Waals surface area contributed by atoms with Crippen molar-refractivity contribution in [2.75, 3.05) is 11.5 Å². The second-order valence-electron chi connectivity index (χ2n) is 10.9. The predicted molar refractivity (Wildman–Crippen MR) is 155 cm³/mol. The van der Waals surface area contributed by atoms with Crippen molar-refractivity contribution < 1.29 is 9.18 Å². The van der Waals surface area contributed by atoms with Crippen molar-refractivity contribution in [3.8, 4) is 0 Å². The molecule has 1 saturated carbocycles. The van der Waals surface area contributed by atoms with E-state index in [9.17, 15) is 18.8 Å². The van der Waals surface area contributed by atoms with Crippen LogP contribution >= 0.6 is 11.8 Å². The molecule has 4 heterocycles.